The maximum atomic E-state index is 11.3. The molecule has 1 aromatic carbocycles. The van der Waals surface area contributed by atoms with E-state index in [1.165, 1.54) is 12.1 Å². The van der Waals surface area contributed by atoms with Gasteiger partial charge >= 0.3 is 5.97 Å². The van der Waals surface area contributed by atoms with Crippen LogP contribution in [0.25, 0.3) is 0 Å². The summed E-state index contributed by atoms with van der Waals surface area (Å²) < 4.78 is 4.81. The summed E-state index contributed by atoms with van der Waals surface area (Å²) in [4.78, 5) is 23.2. The monoisotopic (exact) mass is 277 g/mol. The third-order valence-corrected chi connectivity index (χ3v) is 2.70. The molecule has 0 bridgehead atoms. The zero-order valence-electron chi connectivity index (χ0n) is 11.3. The second-order valence-electron chi connectivity index (χ2n) is 4.05. The number of nitro benzene ring substituents is 1. The number of ether oxygens (including phenoxy) is 1. The van der Waals surface area contributed by atoms with Crippen molar-refractivity contribution in [2.45, 2.75) is 13.3 Å². The minimum atomic E-state index is -0.596. The minimum Gasteiger partial charge on any atom is -0.466 e. The fraction of sp³-hybridized carbons (Fsp3) is 0.385. The molecule has 106 valence electrons. The third kappa shape index (κ3) is 3.95. The van der Waals surface area contributed by atoms with Crippen LogP contribution in [0.2, 0.25) is 0 Å². The van der Waals surface area contributed by atoms with E-state index in [0.717, 1.165) is 0 Å². The van der Waals surface area contributed by atoms with Crippen molar-refractivity contribution in [1.82, 2.24) is 0 Å². The quantitative estimate of drug-likeness (QED) is 0.447. The number of carbonyl (C=O) groups excluding carboxylic acids is 1. The molecule has 0 spiro atoms. The van der Waals surface area contributed by atoms with Crippen LogP contribution in [0.3, 0.4) is 0 Å². The number of nitriles is 1. The number of carbonyl (C=O) groups is 1. The first-order valence-electron chi connectivity index (χ1n) is 6.05. The second kappa shape index (κ2) is 7.09. The molecule has 0 atom stereocenters. The first-order valence-corrected chi connectivity index (χ1v) is 6.05. The Morgan fingerprint density at radius 3 is 2.80 bits per heavy atom. The average Bonchev–Trinajstić information content (AvgIpc) is 2.44. The van der Waals surface area contributed by atoms with E-state index in [4.69, 9.17) is 10.00 Å². The summed E-state index contributed by atoms with van der Waals surface area (Å²) in [7, 11) is 1.71. The van der Waals surface area contributed by atoms with Crippen LogP contribution in [-0.2, 0) is 9.53 Å². The Hall–Kier alpha value is -2.62. The van der Waals surface area contributed by atoms with E-state index in [1.807, 2.05) is 0 Å². The van der Waals surface area contributed by atoms with Gasteiger partial charge < -0.3 is 9.64 Å². The van der Waals surface area contributed by atoms with Gasteiger partial charge in [0.1, 0.15) is 11.6 Å². The fourth-order valence-corrected chi connectivity index (χ4v) is 1.62. The van der Waals surface area contributed by atoms with Crippen LogP contribution in [0.1, 0.15) is 18.9 Å². The molecule has 0 aliphatic heterocycles. The van der Waals surface area contributed by atoms with E-state index in [9.17, 15) is 14.9 Å². The van der Waals surface area contributed by atoms with E-state index in [1.54, 1.807) is 31.0 Å². The molecule has 0 aliphatic rings. The molecule has 0 fully saturated rings. The Kier molecular flexibility index (Phi) is 5.47. The molecular weight excluding hydrogens is 262 g/mol. The fourth-order valence-electron chi connectivity index (χ4n) is 1.62. The van der Waals surface area contributed by atoms with Gasteiger partial charge in [0.2, 0.25) is 0 Å². The van der Waals surface area contributed by atoms with E-state index >= 15 is 0 Å². The Morgan fingerprint density at radius 2 is 2.25 bits per heavy atom. The summed E-state index contributed by atoms with van der Waals surface area (Å²) in [5.41, 5.74) is 0.338. The number of rotatable bonds is 6. The molecular formula is C13H15N3O4. The lowest BCUT2D eigenvalue weighted by molar-refractivity contribution is -0.385. The maximum absolute atomic E-state index is 11.3. The molecule has 0 amide bonds. The predicted octanol–water partition coefficient (Wildman–Crippen LogP) is 1.86. The molecule has 7 heteroatoms. The smallest absolute Gasteiger partial charge is 0.307 e. The van der Waals surface area contributed by atoms with Crippen molar-refractivity contribution in [2.75, 3.05) is 25.1 Å². The van der Waals surface area contributed by atoms with Crippen LogP contribution in [0.5, 0.6) is 0 Å². The van der Waals surface area contributed by atoms with Gasteiger partial charge in [-0.15, -0.1) is 0 Å². The molecule has 0 saturated carbocycles. The number of anilines is 1. The number of benzene rings is 1. The van der Waals surface area contributed by atoms with Gasteiger partial charge in [-0.25, -0.2) is 0 Å². The van der Waals surface area contributed by atoms with Crippen molar-refractivity contribution in [3.63, 3.8) is 0 Å². The molecule has 20 heavy (non-hydrogen) atoms. The van der Waals surface area contributed by atoms with Gasteiger partial charge in [-0.2, -0.15) is 5.26 Å². The van der Waals surface area contributed by atoms with Crippen LogP contribution < -0.4 is 4.90 Å². The van der Waals surface area contributed by atoms with Crippen LogP contribution in [-0.4, -0.2) is 31.1 Å². The van der Waals surface area contributed by atoms with Crippen LogP contribution in [0.4, 0.5) is 11.4 Å². The number of hydrogen-bond acceptors (Lipinski definition) is 6. The molecule has 0 unspecified atom stereocenters. The van der Waals surface area contributed by atoms with Crippen LogP contribution in [0, 0.1) is 21.4 Å². The molecule has 7 nitrogen and oxygen atoms in total. The summed E-state index contributed by atoms with van der Waals surface area (Å²) in [5.74, 6) is -0.317. The number of esters is 1. The van der Waals surface area contributed by atoms with Crippen molar-refractivity contribution in [2.24, 2.45) is 0 Å². The topological polar surface area (TPSA) is 96.5 Å². The highest BCUT2D eigenvalue weighted by Crippen LogP contribution is 2.24. The summed E-state index contributed by atoms with van der Waals surface area (Å²) in [6.07, 6.45) is 0.193. The average molecular weight is 277 g/mol. The highest BCUT2D eigenvalue weighted by atomic mass is 16.6. The molecule has 0 aliphatic carbocycles. The van der Waals surface area contributed by atoms with Crippen molar-refractivity contribution < 1.29 is 14.5 Å². The zero-order valence-corrected chi connectivity index (χ0v) is 11.3. The van der Waals surface area contributed by atoms with Crippen molar-refractivity contribution in [3.05, 3.63) is 33.9 Å². The highest BCUT2D eigenvalue weighted by molar-refractivity contribution is 5.70. The SMILES string of the molecule is CCOC(=O)CCN(C)c1ccc(C#N)c([N+](=O)[O-])c1. The van der Waals surface area contributed by atoms with Crippen LogP contribution in [0.15, 0.2) is 18.2 Å². The van der Waals surface area contributed by atoms with Gasteiger partial charge in [0.15, 0.2) is 0 Å². The molecule has 0 saturated heterocycles. The van der Waals surface area contributed by atoms with Crippen molar-refractivity contribution in [1.29, 1.82) is 5.26 Å². The van der Waals surface area contributed by atoms with Gasteiger partial charge in [0.25, 0.3) is 5.69 Å². The molecule has 0 heterocycles. The zero-order chi connectivity index (χ0) is 15.1. The standard InChI is InChI=1S/C13H15N3O4/c1-3-20-13(17)6-7-15(2)11-5-4-10(9-14)12(8-11)16(18)19/h4-5,8H,3,6-7H2,1-2H3. The molecule has 0 aromatic heterocycles. The Labute approximate surface area is 116 Å². The van der Waals surface area contributed by atoms with Gasteiger partial charge in [0.05, 0.1) is 18.0 Å². The lowest BCUT2D eigenvalue weighted by atomic mass is 10.1. The number of nitro groups is 1. The minimum absolute atomic E-state index is 0.0116. The van der Waals surface area contributed by atoms with Gasteiger partial charge in [-0.05, 0) is 19.1 Å². The Bertz CT molecular complexity index is 551. The van der Waals surface area contributed by atoms with E-state index in [2.05, 4.69) is 0 Å². The molecule has 1 aromatic rings. The van der Waals surface area contributed by atoms with Crippen LogP contribution >= 0.6 is 0 Å². The first kappa shape index (κ1) is 15.4. The number of nitrogens with zero attached hydrogens (tertiary/aromatic N) is 3. The molecule has 1 rings (SSSR count). The normalized spacial score (nSPS) is 9.65. The third-order valence-electron chi connectivity index (χ3n) is 2.70. The highest BCUT2D eigenvalue weighted by Gasteiger charge is 2.16. The van der Waals surface area contributed by atoms with Gasteiger partial charge in [-0.3, -0.25) is 14.9 Å². The molecule has 0 N–H and O–H groups in total. The van der Waals surface area contributed by atoms with Crippen molar-refractivity contribution >= 4 is 17.3 Å². The predicted molar refractivity (Wildman–Crippen MR) is 72.3 cm³/mol. The van der Waals surface area contributed by atoms with Crippen molar-refractivity contribution in [3.8, 4) is 6.07 Å². The number of hydrogen-bond donors (Lipinski definition) is 0. The first-order chi connectivity index (χ1) is 9.49. The Morgan fingerprint density at radius 1 is 1.55 bits per heavy atom. The maximum Gasteiger partial charge on any atom is 0.307 e. The van der Waals surface area contributed by atoms with Gasteiger partial charge in [-0.1, -0.05) is 0 Å². The van der Waals surface area contributed by atoms with Gasteiger partial charge in [0, 0.05) is 25.3 Å². The summed E-state index contributed by atoms with van der Waals surface area (Å²) >= 11 is 0. The van der Waals surface area contributed by atoms with E-state index in [0.29, 0.717) is 18.8 Å². The van der Waals surface area contributed by atoms with E-state index in [-0.39, 0.29) is 23.6 Å². The second-order valence-corrected chi connectivity index (χ2v) is 4.05. The Balaban J connectivity index is 2.81. The summed E-state index contributed by atoms with van der Waals surface area (Å²) in [6.45, 7) is 2.43. The lowest BCUT2D eigenvalue weighted by Gasteiger charge is -2.18. The molecule has 0 radical (unpaired) electrons. The summed E-state index contributed by atoms with van der Waals surface area (Å²) in [5, 5.41) is 19.7. The summed E-state index contributed by atoms with van der Waals surface area (Å²) in [6, 6.07) is 6.10. The lowest BCUT2D eigenvalue weighted by Crippen LogP contribution is -2.22. The van der Waals surface area contributed by atoms with E-state index < -0.39 is 4.92 Å². The largest absolute Gasteiger partial charge is 0.466 e.